The molecule has 0 amide bonds. The van der Waals surface area contributed by atoms with Crippen LogP contribution in [0.25, 0.3) is 0 Å². The number of hydrogen-bond acceptors (Lipinski definition) is 8. The van der Waals surface area contributed by atoms with Gasteiger partial charge in [-0.1, -0.05) is 11.6 Å². The monoisotopic (exact) mass is 439 g/mol. The molecule has 0 aliphatic carbocycles. The summed E-state index contributed by atoms with van der Waals surface area (Å²) in [6, 6.07) is -0.0708. The Bertz CT molecular complexity index is 928. The van der Waals surface area contributed by atoms with Crippen molar-refractivity contribution in [1.29, 1.82) is 0 Å². The molecule has 5 rings (SSSR count). The molecular formula is C17H22ClN7O3S. The maximum Gasteiger partial charge on any atom is 0.229 e. The molecule has 12 heteroatoms. The zero-order valence-corrected chi connectivity index (χ0v) is 17.4. The molecule has 29 heavy (non-hydrogen) atoms. The number of nitrogens with one attached hydrogen (secondary N) is 2. The summed E-state index contributed by atoms with van der Waals surface area (Å²) < 4.78 is 28.0. The average Bonchev–Trinajstić information content (AvgIpc) is 3.46. The van der Waals surface area contributed by atoms with Crippen LogP contribution in [0.1, 0.15) is 6.42 Å². The molecule has 3 aliphatic heterocycles. The van der Waals surface area contributed by atoms with Crippen LogP contribution in [0.2, 0.25) is 5.02 Å². The lowest BCUT2D eigenvalue weighted by Crippen LogP contribution is -2.44. The lowest BCUT2D eigenvalue weighted by atomic mass is 10.1. The number of ether oxygens (including phenoxy) is 2. The molecule has 5 unspecified atom stereocenters. The number of anilines is 3. The fourth-order valence-corrected chi connectivity index (χ4v) is 5.62. The van der Waals surface area contributed by atoms with Crippen molar-refractivity contribution in [3.8, 4) is 0 Å². The van der Waals surface area contributed by atoms with Crippen molar-refractivity contribution in [2.24, 2.45) is 7.05 Å². The Morgan fingerprint density at radius 2 is 2.14 bits per heavy atom. The van der Waals surface area contributed by atoms with E-state index in [0.717, 1.165) is 24.4 Å². The second-order valence-electron chi connectivity index (χ2n) is 7.35. The number of rotatable bonds is 5. The third kappa shape index (κ3) is 3.73. The molecule has 3 fully saturated rings. The maximum absolute atomic E-state index is 12.2. The first-order chi connectivity index (χ1) is 14.1. The van der Waals surface area contributed by atoms with Crippen LogP contribution in [-0.2, 0) is 27.5 Å². The van der Waals surface area contributed by atoms with Gasteiger partial charge < -0.3 is 20.1 Å². The summed E-state index contributed by atoms with van der Waals surface area (Å²) in [7, 11) is 0.900. The smallest absolute Gasteiger partial charge is 0.229 e. The second kappa shape index (κ2) is 7.80. The van der Waals surface area contributed by atoms with Crippen LogP contribution in [0.15, 0.2) is 18.6 Å². The Hall–Kier alpha value is -1.79. The standard InChI is InChI=1S/C17H22ClN7O3S/c1-24-7-10(5-20-24)21-17-19-6-11(18)16(23-17)22-12-8-27-15-13(9-28-14(12)15)25-3-2-4-29(25)26/h5-7,12-15H,2-4,8-9H2,1H3,(H2,19,21,22,23). The molecule has 0 spiro atoms. The first kappa shape index (κ1) is 19.2. The molecule has 0 saturated carbocycles. The van der Waals surface area contributed by atoms with Crippen LogP contribution in [0, 0.1) is 0 Å². The number of halogens is 1. The average molecular weight is 440 g/mol. The molecule has 2 N–H and O–H groups in total. The first-order valence-electron chi connectivity index (χ1n) is 9.51. The maximum atomic E-state index is 12.2. The Balaban J connectivity index is 1.28. The highest BCUT2D eigenvalue weighted by Gasteiger charge is 2.51. The number of aromatic nitrogens is 4. The minimum Gasteiger partial charge on any atom is -0.371 e. The van der Waals surface area contributed by atoms with E-state index in [9.17, 15) is 4.21 Å². The number of nitrogens with zero attached hydrogens (tertiary/aromatic N) is 5. The summed E-state index contributed by atoms with van der Waals surface area (Å²) in [5.41, 5.74) is 0.783. The van der Waals surface area contributed by atoms with Crippen LogP contribution >= 0.6 is 11.6 Å². The van der Waals surface area contributed by atoms with E-state index >= 15 is 0 Å². The zero-order valence-electron chi connectivity index (χ0n) is 15.8. The van der Waals surface area contributed by atoms with Gasteiger partial charge in [-0.25, -0.2) is 13.5 Å². The highest BCUT2D eigenvalue weighted by molar-refractivity contribution is 7.82. The van der Waals surface area contributed by atoms with Gasteiger partial charge in [0.05, 0.1) is 54.4 Å². The molecule has 156 valence electrons. The minimum absolute atomic E-state index is 0.0267. The van der Waals surface area contributed by atoms with Crippen LogP contribution in [0.5, 0.6) is 0 Å². The van der Waals surface area contributed by atoms with E-state index in [2.05, 4.69) is 25.7 Å². The van der Waals surface area contributed by atoms with Crippen LogP contribution in [-0.4, -0.2) is 78.1 Å². The number of fused-ring (bicyclic) bond motifs is 1. The minimum atomic E-state index is -0.938. The van der Waals surface area contributed by atoms with Gasteiger partial charge in [-0.3, -0.25) is 4.68 Å². The Morgan fingerprint density at radius 1 is 1.28 bits per heavy atom. The number of aryl methyl sites for hydroxylation is 1. The summed E-state index contributed by atoms with van der Waals surface area (Å²) in [6.45, 7) is 1.81. The van der Waals surface area contributed by atoms with Gasteiger partial charge in [-0.05, 0) is 6.42 Å². The van der Waals surface area contributed by atoms with E-state index in [4.69, 9.17) is 21.1 Å². The van der Waals surface area contributed by atoms with Gasteiger partial charge in [0.15, 0.2) is 5.82 Å². The Morgan fingerprint density at radius 3 is 2.90 bits per heavy atom. The van der Waals surface area contributed by atoms with Gasteiger partial charge in [0.1, 0.15) is 17.2 Å². The van der Waals surface area contributed by atoms with Crippen molar-refractivity contribution in [1.82, 2.24) is 24.1 Å². The Kier molecular flexibility index (Phi) is 5.16. The van der Waals surface area contributed by atoms with Gasteiger partial charge >= 0.3 is 0 Å². The molecular weight excluding hydrogens is 418 g/mol. The van der Waals surface area contributed by atoms with Gasteiger partial charge in [0.2, 0.25) is 5.95 Å². The summed E-state index contributed by atoms with van der Waals surface area (Å²) in [4.78, 5) is 8.71. The topological polar surface area (TPSA) is 106 Å². The third-order valence-corrected chi connectivity index (χ3v) is 7.27. The predicted octanol–water partition coefficient (Wildman–Crippen LogP) is 0.923. The van der Waals surface area contributed by atoms with E-state index < -0.39 is 11.0 Å². The molecule has 3 saturated heterocycles. The summed E-state index contributed by atoms with van der Waals surface area (Å²) >= 11 is 6.31. The zero-order chi connectivity index (χ0) is 20.0. The van der Waals surface area contributed by atoms with Crippen molar-refractivity contribution in [3.05, 3.63) is 23.6 Å². The lowest BCUT2D eigenvalue weighted by molar-refractivity contribution is 0.0606. The third-order valence-electron chi connectivity index (χ3n) is 5.38. The van der Waals surface area contributed by atoms with Gasteiger partial charge in [0.25, 0.3) is 0 Å². The molecule has 2 aromatic rings. The summed E-state index contributed by atoms with van der Waals surface area (Å²) in [5.74, 6) is 1.65. The van der Waals surface area contributed by atoms with Crippen LogP contribution < -0.4 is 10.6 Å². The van der Waals surface area contributed by atoms with E-state index in [-0.39, 0.29) is 24.3 Å². The molecule has 10 nitrogen and oxygen atoms in total. The first-order valence-corrected chi connectivity index (χ1v) is 11.2. The summed E-state index contributed by atoms with van der Waals surface area (Å²) in [6.07, 6.45) is 5.77. The normalized spacial score (nSPS) is 31.9. The molecule has 0 radical (unpaired) electrons. The molecule has 5 heterocycles. The molecule has 0 aromatic carbocycles. The van der Waals surface area contributed by atoms with Crippen molar-refractivity contribution < 1.29 is 13.7 Å². The molecule has 0 bridgehead atoms. The van der Waals surface area contributed by atoms with Crippen molar-refractivity contribution in [2.75, 3.05) is 36.1 Å². The quantitative estimate of drug-likeness (QED) is 0.708. The largest absolute Gasteiger partial charge is 0.371 e. The Labute approximate surface area is 175 Å². The van der Waals surface area contributed by atoms with E-state index in [0.29, 0.717) is 30.0 Å². The van der Waals surface area contributed by atoms with E-state index in [1.807, 2.05) is 17.5 Å². The van der Waals surface area contributed by atoms with Gasteiger partial charge in [-0.2, -0.15) is 10.1 Å². The highest BCUT2D eigenvalue weighted by atomic mass is 35.5. The number of hydrogen-bond donors (Lipinski definition) is 2. The fraction of sp³-hybridized carbons (Fsp3) is 0.588. The fourth-order valence-electron chi connectivity index (χ4n) is 4.05. The van der Waals surface area contributed by atoms with Gasteiger partial charge in [-0.15, -0.1) is 0 Å². The molecule has 5 atom stereocenters. The van der Waals surface area contributed by atoms with Crippen LogP contribution in [0.4, 0.5) is 17.5 Å². The molecule has 2 aromatic heterocycles. The van der Waals surface area contributed by atoms with E-state index in [1.165, 1.54) is 0 Å². The highest BCUT2D eigenvalue weighted by Crippen LogP contribution is 2.34. The lowest BCUT2D eigenvalue weighted by Gasteiger charge is -2.24. The van der Waals surface area contributed by atoms with Crippen LogP contribution in [0.3, 0.4) is 0 Å². The van der Waals surface area contributed by atoms with Crippen molar-refractivity contribution >= 4 is 40.0 Å². The van der Waals surface area contributed by atoms with E-state index in [1.54, 1.807) is 17.1 Å². The van der Waals surface area contributed by atoms with Crippen molar-refractivity contribution in [3.63, 3.8) is 0 Å². The van der Waals surface area contributed by atoms with Crippen molar-refractivity contribution in [2.45, 2.75) is 30.7 Å². The molecule has 3 aliphatic rings. The second-order valence-corrected chi connectivity index (χ2v) is 9.28. The van der Waals surface area contributed by atoms with Gasteiger partial charge in [0, 0.05) is 25.5 Å². The summed E-state index contributed by atoms with van der Waals surface area (Å²) in [5, 5.41) is 11.0. The predicted molar refractivity (Wildman–Crippen MR) is 109 cm³/mol. The SMILES string of the molecule is Cn1cc(Nc2ncc(Cl)c(NC3COC4C3OCC4N3CCCS3=O)n2)cn1.